The molecule has 7 nitrogen and oxygen atoms in total. The maximum Gasteiger partial charge on any atom is 0.246 e. The van der Waals surface area contributed by atoms with Crippen LogP contribution in [-0.4, -0.2) is 56.8 Å². The smallest absolute Gasteiger partial charge is 0.246 e. The van der Waals surface area contributed by atoms with Gasteiger partial charge in [0.25, 0.3) is 0 Å². The Balaban J connectivity index is 1.42. The van der Waals surface area contributed by atoms with E-state index in [9.17, 15) is 17.6 Å². The Morgan fingerprint density at radius 1 is 1.13 bits per heavy atom. The van der Waals surface area contributed by atoms with Crippen LogP contribution in [0.5, 0.6) is 5.75 Å². The first kappa shape index (κ1) is 20.4. The van der Waals surface area contributed by atoms with Crippen molar-refractivity contribution in [3.05, 3.63) is 60.1 Å². The number of hydrogen-bond acceptors (Lipinski definition) is 5. The maximum atomic E-state index is 13.9. The molecular weight excluding hydrogens is 411 g/mol. The number of carbonyl (C=O) groups excluding carboxylic acids is 1. The lowest BCUT2D eigenvalue weighted by Gasteiger charge is -2.34. The predicted octanol–water partition coefficient (Wildman–Crippen LogP) is 2.66. The first-order chi connectivity index (χ1) is 14.4. The van der Waals surface area contributed by atoms with E-state index >= 15 is 0 Å². The van der Waals surface area contributed by atoms with Gasteiger partial charge in [-0.3, -0.25) is 4.79 Å². The number of benzene rings is 2. The minimum absolute atomic E-state index is 0.114. The van der Waals surface area contributed by atoms with E-state index in [0.717, 1.165) is 17.0 Å². The SMILES string of the molecule is COc1ccc2c(CC(=O)N3CCN(S(=O)(=O)c4ccccc4F)CC3)coc2c1. The van der Waals surface area contributed by atoms with Gasteiger partial charge in [-0.25, -0.2) is 12.8 Å². The monoisotopic (exact) mass is 432 g/mol. The Labute approximate surface area is 173 Å². The molecule has 1 aliphatic heterocycles. The van der Waals surface area contributed by atoms with Gasteiger partial charge in [0, 0.05) is 43.2 Å². The number of furan rings is 1. The van der Waals surface area contributed by atoms with Crippen LogP contribution in [0.1, 0.15) is 5.56 Å². The fourth-order valence-electron chi connectivity index (χ4n) is 3.57. The molecule has 0 spiro atoms. The summed E-state index contributed by atoms with van der Waals surface area (Å²) in [7, 11) is -2.36. The molecule has 30 heavy (non-hydrogen) atoms. The number of nitrogens with zero attached hydrogens (tertiary/aromatic N) is 2. The molecule has 0 bridgehead atoms. The highest BCUT2D eigenvalue weighted by Gasteiger charge is 2.31. The summed E-state index contributed by atoms with van der Waals surface area (Å²) in [6.07, 6.45) is 1.71. The highest BCUT2D eigenvalue weighted by Crippen LogP contribution is 2.26. The van der Waals surface area contributed by atoms with Crippen LogP contribution < -0.4 is 4.74 Å². The summed E-state index contributed by atoms with van der Waals surface area (Å²) >= 11 is 0. The average molecular weight is 432 g/mol. The lowest BCUT2D eigenvalue weighted by atomic mass is 10.1. The lowest BCUT2D eigenvalue weighted by molar-refractivity contribution is -0.131. The topological polar surface area (TPSA) is 80.1 Å². The normalized spacial score (nSPS) is 15.5. The molecule has 1 saturated heterocycles. The first-order valence-electron chi connectivity index (χ1n) is 9.47. The van der Waals surface area contributed by atoms with Gasteiger partial charge in [0.05, 0.1) is 19.8 Å². The fraction of sp³-hybridized carbons (Fsp3) is 0.286. The third-order valence-electron chi connectivity index (χ3n) is 5.25. The summed E-state index contributed by atoms with van der Waals surface area (Å²) in [6.45, 7) is 0.726. The van der Waals surface area contributed by atoms with Crippen LogP contribution in [0.2, 0.25) is 0 Å². The number of fused-ring (bicyclic) bond motifs is 1. The molecule has 158 valence electrons. The zero-order chi connectivity index (χ0) is 21.3. The number of halogens is 1. The van der Waals surface area contributed by atoms with E-state index in [1.807, 2.05) is 6.07 Å². The standard InChI is InChI=1S/C21H21FN2O5S/c1-28-16-6-7-17-15(14-29-19(17)13-16)12-21(25)23-8-10-24(11-9-23)30(26,27)20-5-3-2-4-18(20)22/h2-7,13-14H,8-12H2,1H3. The van der Waals surface area contributed by atoms with Gasteiger partial charge in [0.15, 0.2) is 0 Å². The van der Waals surface area contributed by atoms with Crippen molar-refractivity contribution in [3.63, 3.8) is 0 Å². The van der Waals surface area contributed by atoms with E-state index in [1.54, 1.807) is 30.4 Å². The number of methoxy groups -OCH3 is 1. The van der Waals surface area contributed by atoms with E-state index in [2.05, 4.69) is 0 Å². The molecule has 3 aromatic rings. The van der Waals surface area contributed by atoms with Gasteiger partial charge >= 0.3 is 0 Å². The number of ether oxygens (including phenoxy) is 1. The lowest BCUT2D eigenvalue weighted by Crippen LogP contribution is -2.51. The zero-order valence-corrected chi connectivity index (χ0v) is 17.2. The predicted molar refractivity (Wildman–Crippen MR) is 108 cm³/mol. The molecule has 1 fully saturated rings. The largest absolute Gasteiger partial charge is 0.497 e. The quantitative estimate of drug-likeness (QED) is 0.619. The third kappa shape index (κ3) is 3.78. The molecule has 4 rings (SSSR count). The van der Waals surface area contributed by atoms with Crippen molar-refractivity contribution >= 4 is 26.9 Å². The summed E-state index contributed by atoms with van der Waals surface area (Å²) < 4.78 is 51.3. The average Bonchev–Trinajstić information content (AvgIpc) is 3.15. The second-order valence-electron chi connectivity index (χ2n) is 7.02. The van der Waals surface area contributed by atoms with Crippen molar-refractivity contribution in [3.8, 4) is 5.75 Å². The summed E-state index contributed by atoms with van der Waals surface area (Å²) in [6, 6.07) is 10.7. The molecule has 1 aromatic heterocycles. The molecule has 0 saturated carbocycles. The van der Waals surface area contributed by atoms with Gasteiger partial charge in [-0.05, 0) is 24.3 Å². The Bertz CT molecular complexity index is 1180. The zero-order valence-electron chi connectivity index (χ0n) is 16.4. The van der Waals surface area contributed by atoms with E-state index in [-0.39, 0.29) is 43.4 Å². The van der Waals surface area contributed by atoms with Gasteiger partial charge in [0.2, 0.25) is 15.9 Å². The number of carbonyl (C=O) groups is 1. The van der Waals surface area contributed by atoms with Crippen LogP contribution in [0, 0.1) is 5.82 Å². The molecule has 1 amide bonds. The van der Waals surface area contributed by atoms with E-state index in [0.29, 0.717) is 11.3 Å². The Morgan fingerprint density at radius 2 is 1.87 bits per heavy atom. The molecule has 2 aromatic carbocycles. The molecule has 0 aliphatic carbocycles. The molecule has 0 N–H and O–H groups in total. The minimum Gasteiger partial charge on any atom is -0.497 e. The van der Waals surface area contributed by atoms with Crippen molar-refractivity contribution < 1.29 is 26.8 Å². The van der Waals surface area contributed by atoms with Crippen molar-refractivity contribution in [1.29, 1.82) is 0 Å². The molecule has 0 atom stereocenters. The molecule has 0 unspecified atom stereocenters. The van der Waals surface area contributed by atoms with Crippen LogP contribution in [0.15, 0.2) is 58.0 Å². The van der Waals surface area contributed by atoms with Crippen LogP contribution in [0.4, 0.5) is 4.39 Å². The Morgan fingerprint density at radius 3 is 2.57 bits per heavy atom. The maximum absolute atomic E-state index is 13.9. The van der Waals surface area contributed by atoms with E-state index in [4.69, 9.17) is 9.15 Å². The van der Waals surface area contributed by atoms with Crippen LogP contribution in [-0.2, 0) is 21.2 Å². The third-order valence-corrected chi connectivity index (χ3v) is 7.18. The molecule has 0 radical (unpaired) electrons. The number of piperazine rings is 1. The summed E-state index contributed by atoms with van der Waals surface area (Å²) in [5.41, 5.74) is 1.40. The van der Waals surface area contributed by atoms with Gasteiger partial charge in [-0.2, -0.15) is 4.31 Å². The number of sulfonamides is 1. The fourth-order valence-corrected chi connectivity index (χ4v) is 5.06. The minimum atomic E-state index is -3.93. The van der Waals surface area contributed by atoms with Crippen molar-refractivity contribution in [1.82, 2.24) is 9.21 Å². The van der Waals surface area contributed by atoms with Gasteiger partial charge in [-0.1, -0.05) is 12.1 Å². The van der Waals surface area contributed by atoms with Crippen molar-refractivity contribution in [2.75, 3.05) is 33.3 Å². The van der Waals surface area contributed by atoms with E-state index in [1.165, 1.54) is 22.5 Å². The summed E-state index contributed by atoms with van der Waals surface area (Å²) in [5.74, 6) is -0.224. The molecule has 9 heteroatoms. The highest BCUT2D eigenvalue weighted by molar-refractivity contribution is 7.89. The highest BCUT2D eigenvalue weighted by atomic mass is 32.2. The second kappa shape index (κ2) is 8.08. The summed E-state index contributed by atoms with van der Waals surface area (Å²) in [5, 5.41) is 0.838. The van der Waals surface area contributed by atoms with Crippen molar-refractivity contribution in [2.24, 2.45) is 0 Å². The van der Waals surface area contributed by atoms with Crippen LogP contribution in [0.25, 0.3) is 11.0 Å². The molecule has 2 heterocycles. The van der Waals surface area contributed by atoms with Crippen LogP contribution >= 0.6 is 0 Å². The number of amides is 1. The van der Waals surface area contributed by atoms with Crippen molar-refractivity contribution in [2.45, 2.75) is 11.3 Å². The van der Waals surface area contributed by atoms with E-state index < -0.39 is 15.8 Å². The first-order valence-corrected chi connectivity index (χ1v) is 10.9. The van der Waals surface area contributed by atoms with Gasteiger partial charge in [-0.15, -0.1) is 0 Å². The Hall–Kier alpha value is -2.91. The van der Waals surface area contributed by atoms with Gasteiger partial charge < -0.3 is 14.1 Å². The summed E-state index contributed by atoms with van der Waals surface area (Å²) in [4.78, 5) is 14.0. The van der Waals surface area contributed by atoms with Crippen LogP contribution in [0.3, 0.4) is 0 Å². The molecule has 1 aliphatic rings. The van der Waals surface area contributed by atoms with Gasteiger partial charge in [0.1, 0.15) is 22.0 Å². The number of hydrogen-bond donors (Lipinski definition) is 0. The number of rotatable bonds is 5. The Kier molecular flexibility index (Phi) is 5.48. The second-order valence-corrected chi connectivity index (χ2v) is 8.92. The molecular formula is C21H21FN2O5S.